The molecule has 0 aliphatic heterocycles. The lowest BCUT2D eigenvalue weighted by atomic mass is 10.4. The van der Waals surface area contributed by atoms with E-state index in [-0.39, 0.29) is 5.91 Å². The minimum Gasteiger partial charge on any atom is -0.382 e. The van der Waals surface area contributed by atoms with Gasteiger partial charge in [-0.25, -0.2) is 0 Å². The van der Waals surface area contributed by atoms with Crippen molar-refractivity contribution in [1.29, 1.82) is 0 Å². The molecule has 0 fully saturated rings. The topological polar surface area (TPSA) is 75.3 Å². The Morgan fingerprint density at radius 2 is 1.38 bits per heavy atom. The second-order valence-electron chi connectivity index (χ2n) is 4.13. The van der Waals surface area contributed by atoms with Gasteiger partial charge in [0, 0.05) is 26.7 Å². The lowest BCUT2D eigenvalue weighted by molar-refractivity contribution is -0.122. The first kappa shape index (κ1) is 20.3. The molecule has 126 valence electrons. The first-order valence-corrected chi connectivity index (χ1v) is 7.37. The quantitative estimate of drug-likeness (QED) is 0.411. The molecular formula is C14H29NO6. The standard InChI is InChI=1S/C14H29NO6/c1-3-18-10-11-20-7-5-15-14(16)4-6-19-12-13-21-9-8-17-2/h3-13H2,1-2H3,(H,15,16). The number of carbonyl (C=O) groups is 1. The summed E-state index contributed by atoms with van der Waals surface area (Å²) >= 11 is 0. The Kier molecular flexibility index (Phi) is 16.7. The molecule has 0 aromatic heterocycles. The van der Waals surface area contributed by atoms with Crippen LogP contribution in [-0.4, -0.2) is 79.0 Å². The highest BCUT2D eigenvalue weighted by molar-refractivity contribution is 5.75. The van der Waals surface area contributed by atoms with E-state index in [9.17, 15) is 4.79 Å². The number of hydrogen-bond donors (Lipinski definition) is 1. The van der Waals surface area contributed by atoms with E-state index in [1.165, 1.54) is 0 Å². The van der Waals surface area contributed by atoms with Crippen LogP contribution in [0.4, 0.5) is 0 Å². The third kappa shape index (κ3) is 17.2. The fourth-order valence-corrected chi connectivity index (χ4v) is 1.34. The van der Waals surface area contributed by atoms with Crippen molar-refractivity contribution in [2.24, 2.45) is 0 Å². The average molecular weight is 307 g/mol. The van der Waals surface area contributed by atoms with Gasteiger partial charge in [-0.15, -0.1) is 0 Å². The molecule has 7 nitrogen and oxygen atoms in total. The monoisotopic (exact) mass is 307 g/mol. The zero-order valence-electron chi connectivity index (χ0n) is 13.2. The summed E-state index contributed by atoms with van der Waals surface area (Å²) < 4.78 is 25.7. The summed E-state index contributed by atoms with van der Waals surface area (Å²) in [6.07, 6.45) is 0.344. The largest absolute Gasteiger partial charge is 0.382 e. The van der Waals surface area contributed by atoms with Gasteiger partial charge in [0.05, 0.1) is 52.9 Å². The smallest absolute Gasteiger partial charge is 0.222 e. The van der Waals surface area contributed by atoms with Gasteiger partial charge in [0.25, 0.3) is 0 Å². The summed E-state index contributed by atoms with van der Waals surface area (Å²) in [5.74, 6) is -0.0382. The summed E-state index contributed by atoms with van der Waals surface area (Å²) in [7, 11) is 1.63. The van der Waals surface area contributed by atoms with E-state index < -0.39 is 0 Å². The van der Waals surface area contributed by atoms with Gasteiger partial charge in [-0.1, -0.05) is 0 Å². The number of methoxy groups -OCH3 is 1. The fourth-order valence-electron chi connectivity index (χ4n) is 1.34. The zero-order chi connectivity index (χ0) is 15.6. The molecule has 0 heterocycles. The molecule has 0 saturated carbocycles. The first-order valence-electron chi connectivity index (χ1n) is 7.37. The molecule has 0 bridgehead atoms. The maximum Gasteiger partial charge on any atom is 0.222 e. The third-order valence-corrected chi connectivity index (χ3v) is 2.42. The van der Waals surface area contributed by atoms with Gasteiger partial charge < -0.3 is 29.0 Å². The molecule has 0 aromatic rings. The van der Waals surface area contributed by atoms with Crippen LogP contribution >= 0.6 is 0 Å². The molecule has 0 aliphatic rings. The van der Waals surface area contributed by atoms with E-state index in [0.29, 0.717) is 72.4 Å². The molecule has 1 amide bonds. The van der Waals surface area contributed by atoms with Crippen molar-refractivity contribution in [2.45, 2.75) is 13.3 Å². The van der Waals surface area contributed by atoms with Crippen molar-refractivity contribution in [3.63, 3.8) is 0 Å². The molecule has 0 spiro atoms. The molecule has 7 heteroatoms. The highest BCUT2D eigenvalue weighted by atomic mass is 16.5. The molecule has 0 radical (unpaired) electrons. The van der Waals surface area contributed by atoms with Gasteiger partial charge in [0.2, 0.25) is 5.91 Å². The molecule has 0 atom stereocenters. The van der Waals surface area contributed by atoms with Crippen LogP contribution in [0, 0.1) is 0 Å². The van der Waals surface area contributed by atoms with E-state index in [1.807, 2.05) is 6.92 Å². The summed E-state index contributed by atoms with van der Waals surface area (Å²) in [5, 5.41) is 2.76. The third-order valence-electron chi connectivity index (χ3n) is 2.42. The van der Waals surface area contributed by atoms with Gasteiger partial charge in [-0.05, 0) is 6.92 Å². The maximum atomic E-state index is 11.4. The summed E-state index contributed by atoms with van der Waals surface area (Å²) in [6, 6.07) is 0. The minimum atomic E-state index is -0.0382. The van der Waals surface area contributed by atoms with Crippen LogP contribution < -0.4 is 5.32 Å². The Morgan fingerprint density at radius 1 is 0.810 bits per heavy atom. The van der Waals surface area contributed by atoms with Crippen molar-refractivity contribution >= 4 is 5.91 Å². The molecule has 1 N–H and O–H groups in total. The van der Waals surface area contributed by atoms with E-state index in [0.717, 1.165) is 0 Å². The fraction of sp³-hybridized carbons (Fsp3) is 0.929. The predicted molar refractivity (Wildman–Crippen MR) is 78.5 cm³/mol. The first-order chi connectivity index (χ1) is 10.3. The van der Waals surface area contributed by atoms with Crippen LogP contribution in [0.1, 0.15) is 13.3 Å². The van der Waals surface area contributed by atoms with Crippen LogP contribution in [0.5, 0.6) is 0 Å². The number of carbonyl (C=O) groups excluding carboxylic acids is 1. The second kappa shape index (κ2) is 17.3. The van der Waals surface area contributed by atoms with Gasteiger partial charge >= 0.3 is 0 Å². The second-order valence-corrected chi connectivity index (χ2v) is 4.13. The SMILES string of the molecule is CCOCCOCCNC(=O)CCOCCOCCOC. The van der Waals surface area contributed by atoms with E-state index in [2.05, 4.69) is 5.32 Å². The molecule has 0 rings (SSSR count). The Labute approximate surface area is 127 Å². The lowest BCUT2D eigenvalue weighted by Crippen LogP contribution is -2.28. The molecule has 21 heavy (non-hydrogen) atoms. The number of ether oxygens (including phenoxy) is 5. The number of hydrogen-bond acceptors (Lipinski definition) is 6. The van der Waals surface area contributed by atoms with Crippen molar-refractivity contribution in [3.8, 4) is 0 Å². The normalized spacial score (nSPS) is 10.8. The highest BCUT2D eigenvalue weighted by Gasteiger charge is 2.00. The number of amides is 1. The van der Waals surface area contributed by atoms with Crippen molar-refractivity contribution < 1.29 is 28.5 Å². The summed E-state index contributed by atoms with van der Waals surface area (Å²) in [5.41, 5.74) is 0. The Bertz CT molecular complexity index is 228. The average Bonchev–Trinajstić information content (AvgIpc) is 2.49. The van der Waals surface area contributed by atoms with Gasteiger partial charge in [-0.3, -0.25) is 4.79 Å². The molecule has 0 saturated heterocycles. The molecule has 0 aromatic carbocycles. The van der Waals surface area contributed by atoms with Crippen molar-refractivity contribution in [1.82, 2.24) is 5.32 Å². The Balaban J connectivity index is 3.13. The molecular weight excluding hydrogens is 278 g/mol. The van der Waals surface area contributed by atoms with E-state index >= 15 is 0 Å². The van der Waals surface area contributed by atoms with Crippen LogP contribution in [0.25, 0.3) is 0 Å². The van der Waals surface area contributed by atoms with Crippen LogP contribution in [-0.2, 0) is 28.5 Å². The highest BCUT2D eigenvalue weighted by Crippen LogP contribution is 1.85. The van der Waals surface area contributed by atoms with Crippen LogP contribution in [0.2, 0.25) is 0 Å². The van der Waals surface area contributed by atoms with E-state index in [1.54, 1.807) is 7.11 Å². The number of nitrogens with one attached hydrogen (secondary N) is 1. The summed E-state index contributed by atoms with van der Waals surface area (Å²) in [6.45, 7) is 7.30. The van der Waals surface area contributed by atoms with Crippen molar-refractivity contribution in [2.75, 3.05) is 73.1 Å². The maximum absolute atomic E-state index is 11.4. The van der Waals surface area contributed by atoms with Gasteiger partial charge in [0.1, 0.15) is 0 Å². The summed E-state index contributed by atoms with van der Waals surface area (Å²) in [4.78, 5) is 11.4. The Hall–Kier alpha value is -0.730. The number of rotatable bonds is 16. The molecule has 0 aliphatic carbocycles. The van der Waals surface area contributed by atoms with Gasteiger partial charge in [-0.2, -0.15) is 0 Å². The molecule has 0 unspecified atom stereocenters. The Morgan fingerprint density at radius 3 is 2.05 bits per heavy atom. The van der Waals surface area contributed by atoms with E-state index in [4.69, 9.17) is 23.7 Å². The van der Waals surface area contributed by atoms with Crippen LogP contribution in [0.15, 0.2) is 0 Å². The van der Waals surface area contributed by atoms with Crippen molar-refractivity contribution in [3.05, 3.63) is 0 Å². The predicted octanol–water partition coefficient (Wildman–Crippen LogP) is 0.225. The van der Waals surface area contributed by atoms with Crippen LogP contribution in [0.3, 0.4) is 0 Å². The lowest BCUT2D eigenvalue weighted by Gasteiger charge is -2.07. The van der Waals surface area contributed by atoms with Gasteiger partial charge in [0.15, 0.2) is 0 Å². The minimum absolute atomic E-state index is 0.0382. The zero-order valence-corrected chi connectivity index (χ0v) is 13.2.